The molecule has 0 saturated carbocycles. The van der Waals surface area contributed by atoms with Gasteiger partial charge in [0.2, 0.25) is 0 Å². The molecule has 0 spiro atoms. The zero-order valence-corrected chi connectivity index (χ0v) is 11.5. The first-order valence-corrected chi connectivity index (χ1v) is 6.58. The van der Waals surface area contributed by atoms with Crippen LogP contribution in [-0.2, 0) is 0 Å². The molecule has 3 rings (SSSR count). The molecule has 0 saturated heterocycles. The topological polar surface area (TPSA) is 50.7 Å². The van der Waals surface area contributed by atoms with E-state index in [4.69, 9.17) is 0 Å². The van der Waals surface area contributed by atoms with Gasteiger partial charge in [0.25, 0.3) is 0 Å². The minimum Gasteiger partial charge on any atom is -0.309 e. The van der Waals surface area contributed by atoms with Gasteiger partial charge in [-0.05, 0) is 31.2 Å². The van der Waals surface area contributed by atoms with Crippen LogP contribution < -0.4 is 5.32 Å². The van der Waals surface area contributed by atoms with Crippen molar-refractivity contribution >= 4 is 11.0 Å². The van der Waals surface area contributed by atoms with Crippen molar-refractivity contribution in [3.8, 4) is 0 Å². The van der Waals surface area contributed by atoms with Gasteiger partial charge < -0.3 is 5.32 Å². The van der Waals surface area contributed by atoms with Crippen LogP contribution in [-0.4, -0.2) is 22.0 Å². The summed E-state index contributed by atoms with van der Waals surface area (Å²) in [5, 5.41) is 3.35. The van der Waals surface area contributed by atoms with Gasteiger partial charge in [0.05, 0.1) is 17.1 Å². The minimum absolute atomic E-state index is 0.0581. The van der Waals surface area contributed by atoms with Gasteiger partial charge in [0.1, 0.15) is 0 Å². The Hall–Kier alpha value is -2.33. The molecule has 1 aromatic carbocycles. The molecular formula is C16H16N4. The van der Waals surface area contributed by atoms with E-state index in [2.05, 4.69) is 32.4 Å². The van der Waals surface area contributed by atoms with Crippen molar-refractivity contribution in [2.45, 2.75) is 13.0 Å². The standard InChI is InChI=1S/C16H16N4/c1-11-8-12(10-18-9-11)15(17-2)13-4-3-5-14-16(13)20-7-6-19-14/h3-10,15,17H,1-2H3. The average molecular weight is 264 g/mol. The van der Waals surface area contributed by atoms with Gasteiger partial charge in [0, 0.05) is 30.4 Å². The van der Waals surface area contributed by atoms with E-state index in [0.29, 0.717) is 0 Å². The van der Waals surface area contributed by atoms with E-state index in [9.17, 15) is 0 Å². The summed E-state index contributed by atoms with van der Waals surface area (Å²) in [4.78, 5) is 13.1. The Labute approximate surface area is 117 Å². The number of rotatable bonds is 3. The molecule has 3 aromatic rings. The summed E-state index contributed by atoms with van der Waals surface area (Å²) in [6, 6.07) is 8.28. The van der Waals surface area contributed by atoms with Crippen molar-refractivity contribution in [3.63, 3.8) is 0 Å². The summed E-state index contributed by atoms with van der Waals surface area (Å²) in [5.74, 6) is 0. The molecular weight excluding hydrogens is 248 g/mol. The highest BCUT2D eigenvalue weighted by Gasteiger charge is 2.16. The van der Waals surface area contributed by atoms with E-state index in [1.54, 1.807) is 12.4 Å². The molecule has 0 aliphatic rings. The summed E-state index contributed by atoms with van der Waals surface area (Å²) in [6.07, 6.45) is 7.20. The highest BCUT2D eigenvalue weighted by Crippen LogP contribution is 2.26. The second-order valence-corrected chi connectivity index (χ2v) is 4.79. The van der Waals surface area contributed by atoms with Crippen molar-refractivity contribution in [2.75, 3.05) is 7.05 Å². The van der Waals surface area contributed by atoms with Crippen LogP contribution in [0.4, 0.5) is 0 Å². The van der Waals surface area contributed by atoms with Gasteiger partial charge in [-0.25, -0.2) is 0 Å². The van der Waals surface area contributed by atoms with Gasteiger partial charge in [-0.2, -0.15) is 0 Å². The molecule has 0 bridgehead atoms. The van der Waals surface area contributed by atoms with Crippen LogP contribution in [0, 0.1) is 6.92 Å². The number of fused-ring (bicyclic) bond motifs is 1. The lowest BCUT2D eigenvalue weighted by Crippen LogP contribution is -2.18. The van der Waals surface area contributed by atoms with Gasteiger partial charge in [-0.3, -0.25) is 15.0 Å². The Morgan fingerprint density at radius 3 is 2.75 bits per heavy atom. The number of para-hydroxylation sites is 1. The van der Waals surface area contributed by atoms with E-state index in [1.807, 2.05) is 38.5 Å². The van der Waals surface area contributed by atoms with Crippen LogP contribution in [0.5, 0.6) is 0 Å². The first kappa shape index (κ1) is 12.7. The Morgan fingerprint density at radius 1 is 1.10 bits per heavy atom. The molecule has 1 atom stereocenters. The number of benzene rings is 1. The SMILES string of the molecule is CNC(c1cncc(C)c1)c1cccc2nccnc12. The smallest absolute Gasteiger partial charge is 0.0937 e. The monoisotopic (exact) mass is 264 g/mol. The Kier molecular flexibility index (Phi) is 3.39. The van der Waals surface area contributed by atoms with Crippen LogP contribution in [0.3, 0.4) is 0 Å². The normalized spacial score (nSPS) is 12.5. The number of pyridine rings is 1. The lowest BCUT2D eigenvalue weighted by atomic mass is 9.98. The molecule has 0 amide bonds. The van der Waals surface area contributed by atoms with Crippen LogP contribution in [0.25, 0.3) is 11.0 Å². The van der Waals surface area contributed by atoms with Crippen molar-refractivity contribution in [3.05, 3.63) is 65.7 Å². The summed E-state index contributed by atoms with van der Waals surface area (Å²) in [7, 11) is 1.95. The maximum absolute atomic E-state index is 4.48. The van der Waals surface area contributed by atoms with Crippen LogP contribution in [0.2, 0.25) is 0 Å². The third-order valence-corrected chi connectivity index (χ3v) is 3.36. The zero-order chi connectivity index (χ0) is 13.9. The molecule has 0 aliphatic carbocycles. The number of aromatic nitrogens is 3. The predicted octanol–water partition coefficient (Wildman–Crippen LogP) is 2.64. The number of nitrogens with one attached hydrogen (secondary N) is 1. The van der Waals surface area contributed by atoms with E-state index in [0.717, 1.165) is 27.7 Å². The Bertz CT molecular complexity index is 734. The van der Waals surface area contributed by atoms with Crippen molar-refractivity contribution < 1.29 is 0 Å². The minimum atomic E-state index is 0.0581. The molecule has 0 radical (unpaired) electrons. The Morgan fingerprint density at radius 2 is 1.95 bits per heavy atom. The fraction of sp³-hybridized carbons (Fsp3) is 0.188. The number of aryl methyl sites for hydroxylation is 1. The summed E-state index contributed by atoms with van der Waals surface area (Å²) in [5.41, 5.74) is 5.23. The van der Waals surface area contributed by atoms with Gasteiger partial charge >= 0.3 is 0 Å². The molecule has 2 heterocycles. The summed E-state index contributed by atoms with van der Waals surface area (Å²) < 4.78 is 0. The molecule has 4 nitrogen and oxygen atoms in total. The number of hydrogen-bond donors (Lipinski definition) is 1. The predicted molar refractivity (Wildman–Crippen MR) is 79.4 cm³/mol. The van der Waals surface area contributed by atoms with Crippen LogP contribution >= 0.6 is 0 Å². The maximum atomic E-state index is 4.48. The van der Waals surface area contributed by atoms with E-state index < -0.39 is 0 Å². The molecule has 2 aromatic heterocycles. The van der Waals surface area contributed by atoms with E-state index in [-0.39, 0.29) is 6.04 Å². The fourth-order valence-corrected chi connectivity index (χ4v) is 2.49. The number of nitrogens with zero attached hydrogens (tertiary/aromatic N) is 3. The van der Waals surface area contributed by atoms with Gasteiger partial charge in [-0.1, -0.05) is 18.2 Å². The largest absolute Gasteiger partial charge is 0.309 e. The van der Waals surface area contributed by atoms with Crippen LogP contribution in [0.15, 0.2) is 49.1 Å². The van der Waals surface area contributed by atoms with Crippen molar-refractivity contribution in [2.24, 2.45) is 0 Å². The van der Waals surface area contributed by atoms with Crippen LogP contribution in [0.1, 0.15) is 22.7 Å². The third kappa shape index (κ3) is 2.26. The van der Waals surface area contributed by atoms with Crippen molar-refractivity contribution in [1.29, 1.82) is 0 Å². The first-order chi connectivity index (χ1) is 9.79. The summed E-state index contributed by atoms with van der Waals surface area (Å²) >= 11 is 0. The molecule has 100 valence electrons. The Balaban J connectivity index is 2.17. The quantitative estimate of drug-likeness (QED) is 0.790. The fourth-order valence-electron chi connectivity index (χ4n) is 2.49. The molecule has 0 fully saturated rings. The second-order valence-electron chi connectivity index (χ2n) is 4.79. The highest BCUT2D eigenvalue weighted by molar-refractivity contribution is 5.78. The first-order valence-electron chi connectivity index (χ1n) is 6.58. The third-order valence-electron chi connectivity index (χ3n) is 3.36. The number of hydrogen-bond acceptors (Lipinski definition) is 4. The van der Waals surface area contributed by atoms with Gasteiger partial charge in [0.15, 0.2) is 0 Å². The average Bonchev–Trinajstić information content (AvgIpc) is 2.48. The molecule has 1 unspecified atom stereocenters. The van der Waals surface area contributed by atoms with E-state index in [1.165, 1.54) is 0 Å². The summed E-state index contributed by atoms with van der Waals surface area (Å²) in [6.45, 7) is 2.05. The lowest BCUT2D eigenvalue weighted by molar-refractivity contribution is 0.691. The van der Waals surface area contributed by atoms with Gasteiger partial charge in [-0.15, -0.1) is 0 Å². The second kappa shape index (κ2) is 5.35. The zero-order valence-electron chi connectivity index (χ0n) is 11.5. The maximum Gasteiger partial charge on any atom is 0.0937 e. The molecule has 0 aliphatic heterocycles. The van der Waals surface area contributed by atoms with E-state index >= 15 is 0 Å². The molecule has 4 heteroatoms. The van der Waals surface area contributed by atoms with Crippen molar-refractivity contribution in [1.82, 2.24) is 20.3 Å². The lowest BCUT2D eigenvalue weighted by Gasteiger charge is -2.18. The molecule has 1 N–H and O–H groups in total. The molecule has 20 heavy (non-hydrogen) atoms. The highest BCUT2D eigenvalue weighted by atomic mass is 14.9.